The van der Waals surface area contributed by atoms with Gasteiger partial charge in [-0.1, -0.05) is 60.7 Å². The number of carbonyl (C=O) groups is 3. The standard InChI is InChI=1S/C22H21N3O5/c26-20(24-25-21(27)19-12-7-13-29-19)18(14-16-8-3-1-4-9-16)23-22(28)30-15-17-10-5-2-6-11-17/h1-13,18H,14-15H2,(H,23,28)(H,24,26)(H,25,27)/t18-/m0/s1. The van der Waals surface area contributed by atoms with E-state index in [1.807, 2.05) is 60.7 Å². The molecule has 0 saturated heterocycles. The van der Waals surface area contributed by atoms with Gasteiger partial charge in [0.15, 0.2) is 5.76 Å². The van der Waals surface area contributed by atoms with Gasteiger partial charge in [0, 0.05) is 6.42 Å². The Labute approximate surface area is 173 Å². The summed E-state index contributed by atoms with van der Waals surface area (Å²) < 4.78 is 10.2. The highest BCUT2D eigenvalue weighted by Crippen LogP contribution is 2.05. The Morgan fingerprint density at radius 2 is 1.50 bits per heavy atom. The third-order valence-corrected chi connectivity index (χ3v) is 4.15. The lowest BCUT2D eigenvalue weighted by molar-refractivity contribution is -0.123. The summed E-state index contributed by atoms with van der Waals surface area (Å²) >= 11 is 0. The number of hydrogen-bond acceptors (Lipinski definition) is 5. The van der Waals surface area contributed by atoms with Crippen LogP contribution >= 0.6 is 0 Å². The topological polar surface area (TPSA) is 110 Å². The van der Waals surface area contributed by atoms with Gasteiger partial charge in [-0.3, -0.25) is 20.4 Å². The van der Waals surface area contributed by atoms with Crippen LogP contribution in [0.25, 0.3) is 0 Å². The third-order valence-electron chi connectivity index (χ3n) is 4.15. The summed E-state index contributed by atoms with van der Waals surface area (Å²) in [6.07, 6.45) is 0.815. The maximum Gasteiger partial charge on any atom is 0.408 e. The molecule has 3 rings (SSSR count). The first-order valence-corrected chi connectivity index (χ1v) is 9.26. The molecule has 8 heteroatoms. The number of benzene rings is 2. The van der Waals surface area contributed by atoms with Crippen LogP contribution in [0.5, 0.6) is 0 Å². The van der Waals surface area contributed by atoms with Gasteiger partial charge < -0.3 is 14.5 Å². The maximum absolute atomic E-state index is 12.6. The van der Waals surface area contributed by atoms with Crippen molar-refractivity contribution in [2.75, 3.05) is 0 Å². The lowest BCUT2D eigenvalue weighted by atomic mass is 10.1. The van der Waals surface area contributed by atoms with Gasteiger partial charge in [0.2, 0.25) is 0 Å². The number of hydrazine groups is 1. The van der Waals surface area contributed by atoms with Gasteiger partial charge in [-0.15, -0.1) is 0 Å². The van der Waals surface area contributed by atoms with Crippen molar-refractivity contribution in [3.8, 4) is 0 Å². The molecule has 0 aliphatic rings. The molecule has 8 nitrogen and oxygen atoms in total. The number of ether oxygens (including phenoxy) is 1. The van der Waals surface area contributed by atoms with E-state index in [9.17, 15) is 14.4 Å². The van der Waals surface area contributed by atoms with Crippen LogP contribution in [-0.2, 0) is 22.6 Å². The highest BCUT2D eigenvalue weighted by atomic mass is 16.5. The minimum Gasteiger partial charge on any atom is -0.459 e. The van der Waals surface area contributed by atoms with Crippen molar-refractivity contribution in [3.63, 3.8) is 0 Å². The smallest absolute Gasteiger partial charge is 0.408 e. The van der Waals surface area contributed by atoms with Crippen LogP contribution in [-0.4, -0.2) is 23.9 Å². The minimum atomic E-state index is -0.965. The lowest BCUT2D eigenvalue weighted by Gasteiger charge is -2.18. The SMILES string of the molecule is O=C(N[C@@H](Cc1ccccc1)C(=O)NNC(=O)c1ccco1)OCc1ccccc1. The number of alkyl carbamates (subject to hydrolysis) is 1. The van der Waals surface area contributed by atoms with Crippen molar-refractivity contribution < 1.29 is 23.5 Å². The van der Waals surface area contributed by atoms with E-state index in [4.69, 9.17) is 9.15 Å². The van der Waals surface area contributed by atoms with Gasteiger partial charge in [0.25, 0.3) is 5.91 Å². The predicted octanol–water partition coefficient (Wildman–Crippen LogP) is 2.58. The van der Waals surface area contributed by atoms with Crippen LogP contribution in [0.4, 0.5) is 4.79 Å². The molecule has 1 atom stereocenters. The molecule has 0 spiro atoms. The zero-order chi connectivity index (χ0) is 21.2. The zero-order valence-electron chi connectivity index (χ0n) is 16.0. The Hall–Kier alpha value is -4.07. The second kappa shape index (κ2) is 10.5. The minimum absolute atomic E-state index is 0.0464. The first-order chi connectivity index (χ1) is 14.6. The molecule has 0 radical (unpaired) electrons. The van der Waals surface area contributed by atoms with E-state index in [-0.39, 0.29) is 18.8 Å². The van der Waals surface area contributed by atoms with E-state index in [1.54, 1.807) is 6.07 Å². The van der Waals surface area contributed by atoms with E-state index in [0.717, 1.165) is 11.1 Å². The molecule has 3 amide bonds. The number of carbonyl (C=O) groups excluding carboxylic acids is 3. The van der Waals surface area contributed by atoms with Gasteiger partial charge >= 0.3 is 12.0 Å². The number of rotatable bonds is 7. The Morgan fingerprint density at radius 1 is 0.833 bits per heavy atom. The van der Waals surface area contributed by atoms with Crippen molar-refractivity contribution in [2.45, 2.75) is 19.1 Å². The zero-order valence-corrected chi connectivity index (χ0v) is 16.0. The molecule has 3 N–H and O–H groups in total. The summed E-state index contributed by atoms with van der Waals surface area (Å²) in [6, 6.07) is 20.4. The molecule has 30 heavy (non-hydrogen) atoms. The Balaban J connectivity index is 1.59. The van der Waals surface area contributed by atoms with Crippen LogP contribution in [0.1, 0.15) is 21.7 Å². The second-order valence-electron chi connectivity index (χ2n) is 6.37. The van der Waals surface area contributed by atoms with E-state index < -0.39 is 23.9 Å². The van der Waals surface area contributed by atoms with Gasteiger partial charge in [-0.25, -0.2) is 4.79 Å². The molecule has 0 unspecified atom stereocenters. The van der Waals surface area contributed by atoms with Crippen molar-refractivity contribution in [1.82, 2.24) is 16.2 Å². The fourth-order valence-corrected chi connectivity index (χ4v) is 2.64. The van der Waals surface area contributed by atoms with Gasteiger partial charge in [0.1, 0.15) is 12.6 Å². The largest absolute Gasteiger partial charge is 0.459 e. The molecule has 0 bridgehead atoms. The highest BCUT2D eigenvalue weighted by Gasteiger charge is 2.23. The van der Waals surface area contributed by atoms with E-state index >= 15 is 0 Å². The molecule has 154 valence electrons. The first kappa shape index (κ1) is 20.7. The normalized spacial score (nSPS) is 11.2. The fourth-order valence-electron chi connectivity index (χ4n) is 2.64. The van der Waals surface area contributed by atoms with Crippen LogP contribution in [0.3, 0.4) is 0 Å². The number of furan rings is 1. The summed E-state index contributed by atoms with van der Waals surface area (Å²) in [5, 5.41) is 2.55. The van der Waals surface area contributed by atoms with Crippen molar-refractivity contribution in [1.29, 1.82) is 0 Å². The Bertz CT molecular complexity index is 959. The van der Waals surface area contributed by atoms with Gasteiger partial charge in [-0.2, -0.15) is 0 Å². The molecule has 0 saturated carbocycles. The molecule has 0 fully saturated rings. The summed E-state index contributed by atoms with van der Waals surface area (Å²) in [6.45, 7) is 0.0710. The van der Waals surface area contributed by atoms with E-state index in [1.165, 1.54) is 12.3 Å². The van der Waals surface area contributed by atoms with Crippen LogP contribution in [0.15, 0.2) is 83.5 Å². The molecule has 3 aromatic rings. The average Bonchev–Trinajstić information content (AvgIpc) is 3.32. The molecular weight excluding hydrogens is 386 g/mol. The molecule has 0 aliphatic heterocycles. The third kappa shape index (κ3) is 6.23. The van der Waals surface area contributed by atoms with Crippen LogP contribution in [0.2, 0.25) is 0 Å². The van der Waals surface area contributed by atoms with E-state index in [2.05, 4.69) is 16.2 Å². The molecule has 1 aromatic heterocycles. The summed E-state index contributed by atoms with van der Waals surface area (Å²) in [4.78, 5) is 36.8. The monoisotopic (exact) mass is 407 g/mol. The number of amides is 3. The van der Waals surface area contributed by atoms with Crippen molar-refractivity contribution in [3.05, 3.63) is 95.9 Å². The summed E-state index contributed by atoms with van der Waals surface area (Å²) in [5.74, 6) is -1.17. The lowest BCUT2D eigenvalue weighted by Crippen LogP contribution is -2.53. The van der Waals surface area contributed by atoms with E-state index in [0.29, 0.717) is 0 Å². The van der Waals surface area contributed by atoms with Crippen LogP contribution < -0.4 is 16.2 Å². The summed E-state index contributed by atoms with van der Waals surface area (Å²) in [5.41, 5.74) is 6.21. The number of hydrogen-bond donors (Lipinski definition) is 3. The maximum atomic E-state index is 12.6. The van der Waals surface area contributed by atoms with Gasteiger partial charge in [0.05, 0.1) is 6.26 Å². The van der Waals surface area contributed by atoms with Crippen molar-refractivity contribution in [2.24, 2.45) is 0 Å². The average molecular weight is 407 g/mol. The Morgan fingerprint density at radius 3 is 2.13 bits per heavy atom. The van der Waals surface area contributed by atoms with Crippen molar-refractivity contribution >= 4 is 17.9 Å². The van der Waals surface area contributed by atoms with Crippen LogP contribution in [0, 0.1) is 0 Å². The fraction of sp³-hybridized carbons (Fsp3) is 0.136. The Kier molecular flexibility index (Phi) is 7.21. The predicted molar refractivity (Wildman–Crippen MR) is 108 cm³/mol. The highest BCUT2D eigenvalue weighted by molar-refractivity contribution is 5.94. The quantitative estimate of drug-likeness (QED) is 0.522. The molecule has 1 heterocycles. The molecule has 0 aliphatic carbocycles. The van der Waals surface area contributed by atoms with Gasteiger partial charge in [-0.05, 0) is 23.3 Å². The summed E-state index contributed by atoms with van der Waals surface area (Å²) in [7, 11) is 0. The molecular formula is C22H21N3O5. The number of nitrogens with one attached hydrogen (secondary N) is 3. The second-order valence-corrected chi connectivity index (χ2v) is 6.37. The molecule has 2 aromatic carbocycles. The first-order valence-electron chi connectivity index (χ1n) is 9.26.